The number of nitrogens with zero attached hydrogens (tertiary/aromatic N) is 1. The summed E-state index contributed by atoms with van der Waals surface area (Å²) in [5.41, 5.74) is 5.53. The summed E-state index contributed by atoms with van der Waals surface area (Å²) >= 11 is 0. The SMILES string of the molecule is CCC(C)N(C)C(=O)C1(CN)CC(C)C1. The lowest BCUT2D eigenvalue weighted by Crippen LogP contribution is -2.55. The number of carbonyl (C=O) groups is 1. The van der Waals surface area contributed by atoms with Crippen molar-refractivity contribution < 1.29 is 4.79 Å². The van der Waals surface area contributed by atoms with E-state index in [2.05, 4.69) is 20.8 Å². The fraction of sp³-hybridized carbons (Fsp3) is 0.917. The van der Waals surface area contributed by atoms with E-state index in [-0.39, 0.29) is 11.3 Å². The summed E-state index contributed by atoms with van der Waals surface area (Å²) in [5, 5.41) is 0. The smallest absolute Gasteiger partial charge is 0.230 e. The summed E-state index contributed by atoms with van der Waals surface area (Å²) in [6.07, 6.45) is 2.92. The quantitative estimate of drug-likeness (QED) is 0.769. The van der Waals surface area contributed by atoms with Crippen molar-refractivity contribution in [2.75, 3.05) is 13.6 Å². The Morgan fingerprint density at radius 2 is 2.13 bits per heavy atom. The van der Waals surface area contributed by atoms with Gasteiger partial charge in [-0.3, -0.25) is 4.79 Å². The van der Waals surface area contributed by atoms with E-state index in [1.165, 1.54) is 0 Å². The summed E-state index contributed by atoms with van der Waals surface area (Å²) in [6, 6.07) is 0.317. The first-order valence-corrected chi connectivity index (χ1v) is 5.94. The molecule has 0 saturated heterocycles. The molecule has 1 saturated carbocycles. The molecular weight excluding hydrogens is 188 g/mol. The highest BCUT2D eigenvalue weighted by Crippen LogP contribution is 2.46. The highest BCUT2D eigenvalue weighted by atomic mass is 16.2. The van der Waals surface area contributed by atoms with E-state index in [1.807, 2.05) is 11.9 Å². The Bertz CT molecular complexity index is 234. The molecule has 1 fully saturated rings. The van der Waals surface area contributed by atoms with Crippen LogP contribution in [0, 0.1) is 11.3 Å². The molecule has 0 aromatic heterocycles. The first-order valence-electron chi connectivity index (χ1n) is 5.94. The first kappa shape index (κ1) is 12.5. The van der Waals surface area contributed by atoms with Gasteiger partial charge in [0.25, 0.3) is 0 Å². The predicted molar refractivity (Wildman–Crippen MR) is 62.4 cm³/mol. The number of hydrogen-bond donors (Lipinski definition) is 1. The summed E-state index contributed by atoms with van der Waals surface area (Å²) in [7, 11) is 1.90. The van der Waals surface area contributed by atoms with Gasteiger partial charge < -0.3 is 10.6 Å². The molecule has 0 spiro atoms. The van der Waals surface area contributed by atoms with Gasteiger partial charge in [0.15, 0.2) is 0 Å². The first-order chi connectivity index (χ1) is 6.96. The monoisotopic (exact) mass is 212 g/mol. The van der Waals surface area contributed by atoms with Gasteiger partial charge in [-0.25, -0.2) is 0 Å². The molecule has 15 heavy (non-hydrogen) atoms. The highest BCUT2D eigenvalue weighted by molar-refractivity contribution is 5.84. The summed E-state index contributed by atoms with van der Waals surface area (Å²) < 4.78 is 0. The molecule has 1 aliphatic carbocycles. The Morgan fingerprint density at radius 1 is 1.60 bits per heavy atom. The van der Waals surface area contributed by atoms with Gasteiger partial charge in [0.05, 0.1) is 5.41 Å². The van der Waals surface area contributed by atoms with Crippen LogP contribution >= 0.6 is 0 Å². The van der Waals surface area contributed by atoms with Gasteiger partial charge in [-0.1, -0.05) is 13.8 Å². The number of rotatable bonds is 4. The molecule has 3 heteroatoms. The van der Waals surface area contributed by atoms with Crippen LogP contribution in [0.3, 0.4) is 0 Å². The average molecular weight is 212 g/mol. The van der Waals surface area contributed by atoms with Gasteiger partial charge in [-0.05, 0) is 32.1 Å². The Labute approximate surface area is 93.0 Å². The molecule has 1 rings (SSSR count). The third kappa shape index (κ3) is 2.17. The van der Waals surface area contributed by atoms with E-state index in [1.54, 1.807) is 0 Å². The van der Waals surface area contributed by atoms with Crippen LogP contribution in [0.15, 0.2) is 0 Å². The molecule has 2 N–H and O–H groups in total. The molecule has 88 valence electrons. The normalized spacial score (nSPS) is 31.9. The fourth-order valence-electron chi connectivity index (χ4n) is 2.55. The second kappa shape index (κ2) is 4.52. The third-order valence-corrected chi connectivity index (χ3v) is 3.90. The van der Waals surface area contributed by atoms with Gasteiger partial charge in [0, 0.05) is 19.6 Å². The molecule has 0 heterocycles. The standard InChI is InChI=1S/C12H24N2O/c1-5-10(3)14(4)11(15)12(8-13)6-9(2)7-12/h9-10H,5-8,13H2,1-4H3. The fourth-order valence-corrected chi connectivity index (χ4v) is 2.55. The zero-order chi connectivity index (χ0) is 11.6. The molecule has 0 radical (unpaired) electrons. The van der Waals surface area contributed by atoms with Gasteiger partial charge in [-0.2, -0.15) is 0 Å². The van der Waals surface area contributed by atoms with E-state index >= 15 is 0 Å². The third-order valence-electron chi connectivity index (χ3n) is 3.90. The van der Waals surface area contributed by atoms with Crippen LogP contribution in [0.4, 0.5) is 0 Å². The van der Waals surface area contributed by atoms with Crippen molar-refractivity contribution in [1.29, 1.82) is 0 Å². The van der Waals surface area contributed by atoms with Crippen molar-refractivity contribution >= 4 is 5.91 Å². The minimum absolute atomic E-state index is 0.238. The van der Waals surface area contributed by atoms with E-state index in [0.717, 1.165) is 19.3 Å². The topological polar surface area (TPSA) is 46.3 Å². The van der Waals surface area contributed by atoms with E-state index in [9.17, 15) is 4.79 Å². The zero-order valence-electron chi connectivity index (χ0n) is 10.4. The Morgan fingerprint density at radius 3 is 2.47 bits per heavy atom. The number of hydrogen-bond acceptors (Lipinski definition) is 2. The van der Waals surface area contributed by atoms with Crippen LogP contribution in [0.1, 0.15) is 40.0 Å². The molecule has 1 unspecified atom stereocenters. The van der Waals surface area contributed by atoms with Gasteiger partial charge >= 0.3 is 0 Å². The molecule has 0 aromatic carbocycles. The van der Waals surface area contributed by atoms with Crippen LogP contribution in [0.25, 0.3) is 0 Å². The molecule has 0 aliphatic heterocycles. The van der Waals surface area contributed by atoms with Crippen molar-refractivity contribution in [2.45, 2.75) is 46.1 Å². The molecule has 3 nitrogen and oxygen atoms in total. The van der Waals surface area contributed by atoms with Crippen molar-refractivity contribution in [3.8, 4) is 0 Å². The Kier molecular flexibility index (Phi) is 3.77. The van der Waals surface area contributed by atoms with Crippen molar-refractivity contribution in [3.63, 3.8) is 0 Å². The minimum Gasteiger partial charge on any atom is -0.343 e. The number of carbonyl (C=O) groups excluding carboxylic acids is 1. The van der Waals surface area contributed by atoms with Crippen LogP contribution in [-0.4, -0.2) is 30.4 Å². The maximum Gasteiger partial charge on any atom is 0.230 e. The van der Waals surface area contributed by atoms with Crippen molar-refractivity contribution in [3.05, 3.63) is 0 Å². The largest absolute Gasteiger partial charge is 0.343 e. The van der Waals surface area contributed by atoms with Crippen molar-refractivity contribution in [2.24, 2.45) is 17.1 Å². The van der Waals surface area contributed by atoms with E-state index < -0.39 is 0 Å². The van der Waals surface area contributed by atoms with E-state index in [4.69, 9.17) is 5.73 Å². The predicted octanol–water partition coefficient (Wildman–Crippen LogP) is 1.62. The van der Waals surface area contributed by atoms with Crippen LogP contribution in [-0.2, 0) is 4.79 Å². The minimum atomic E-state index is -0.238. The summed E-state index contributed by atoms with van der Waals surface area (Å²) in [5.74, 6) is 0.903. The van der Waals surface area contributed by atoms with E-state index in [0.29, 0.717) is 18.5 Å². The van der Waals surface area contributed by atoms with Gasteiger partial charge in [0.2, 0.25) is 5.91 Å². The zero-order valence-corrected chi connectivity index (χ0v) is 10.4. The van der Waals surface area contributed by atoms with Crippen LogP contribution in [0.5, 0.6) is 0 Å². The molecule has 0 aromatic rings. The summed E-state index contributed by atoms with van der Waals surface area (Å²) in [6.45, 7) is 6.87. The number of nitrogens with two attached hydrogens (primary N) is 1. The molecular formula is C12H24N2O. The average Bonchev–Trinajstić information content (AvgIpc) is 2.21. The number of amides is 1. The summed E-state index contributed by atoms with van der Waals surface area (Å²) in [4.78, 5) is 14.1. The lowest BCUT2D eigenvalue weighted by molar-refractivity contribution is -0.150. The second-order valence-corrected chi connectivity index (χ2v) is 5.17. The second-order valence-electron chi connectivity index (χ2n) is 5.17. The van der Waals surface area contributed by atoms with Crippen LogP contribution in [0.2, 0.25) is 0 Å². The molecule has 1 atom stereocenters. The Balaban J connectivity index is 2.66. The molecule has 1 amide bonds. The molecule has 1 aliphatic rings. The van der Waals surface area contributed by atoms with Gasteiger partial charge in [0.1, 0.15) is 0 Å². The lowest BCUT2D eigenvalue weighted by Gasteiger charge is -2.47. The lowest BCUT2D eigenvalue weighted by atomic mass is 9.61. The van der Waals surface area contributed by atoms with Crippen molar-refractivity contribution in [1.82, 2.24) is 4.90 Å². The molecule has 0 bridgehead atoms. The highest BCUT2D eigenvalue weighted by Gasteiger charge is 2.48. The van der Waals surface area contributed by atoms with Gasteiger partial charge in [-0.15, -0.1) is 0 Å². The maximum atomic E-state index is 12.3. The maximum absolute atomic E-state index is 12.3. The van der Waals surface area contributed by atoms with Crippen LogP contribution < -0.4 is 5.73 Å². The Hall–Kier alpha value is -0.570.